The number of carbonyl (C=O) groups excluding carboxylic acids is 1. The number of methoxy groups -OCH3 is 1. The Labute approximate surface area is 150 Å². The second-order valence-electron chi connectivity index (χ2n) is 7.60. The van der Waals surface area contributed by atoms with Gasteiger partial charge in [0.1, 0.15) is 5.75 Å². The highest BCUT2D eigenvalue weighted by atomic mass is 16.5. The summed E-state index contributed by atoms with van der Waals surface area (Å²) >= 11 is 0. The molecule has 1 amide bonds. The quantitative estimate of drug-likeness (QED) is 0.822. The molecule has 1 aromatic rings. The Morgan fingerprint density at radius 3 is 2.96 bits per heavy atom. The largest absolute Gasteiger partial charge is 0.497 e. The van der Waals surface area contributed by atoms with Crippen molar-refractivity contribution in [3.8, 4) is 5.75 Å². The van der Waals surface area contributed by atoms with Crippen molar-refractivity contribution >= 4 is 5.91 Å². The van der Waals surface area contributed by atoms with Crippen molar-refractivity contribution in [2.45, 2.75) is 32.4 Å². The van der Waals surface area contributed by atoms with Crippen LogP contribution >= 0.6 is 0 Å². The summed E-state index contributed by atoms with van der Waals surface area (Å²) in [5, 5.41) is 0. The van der Waals surface area contributed by atoms with Gasteiger partial charge in [-0.25, -0.2) is 0 Å². The van der Waals surface area contributed by atoms with E-state index < -0.39 is 0 Å². The zero-order valence-corrected chi connectivity index (χ0v) is 15.8. The first-order chi connectivity index (χ1) is 12.0. The van der Waals surface area contributed by atoms with Gasteiger partial charge in [0.05, 0.1) is 19.8 Å². The third kappa shape index (κ3) is 3.98. The van der Waals surface area contributed by atoms with E-state index in [1.807, 2.05) is 29.2 Å². The van der Waals surface area contributed by atoms with Gasteiger partial charge < -0.3 is 19.3 Å². The normalized spacial score (nSPS) is 26.2. The molecular formula is C20H30N2O3. The summed E-state index contributed by atoms with van der Waals surface area (Å²) in [5.41, 5.74) is 0.701. The number of hydrogen-bond acceptors (Lipinski definition) is 4. The van der Waals surface area contributed by atoms with Crippen LogP contribution in [-0.4, -0.2) is 68.3 Å². The fourth-order valence-electron chi connectivity index (χ4n) is 3.84. The summed E-state index contributed by atoms with van der Waals surface area (Å²) in [6.45, 7) is 7.77. The molecule has 138 valence electrons. The summed E-state index contributed by atoms with van der Waals surface area (Å²) in [6.07, 6.45) is 1.25. The van der Waals surface area contributed by atoms with Crippen LogP contribution in [0.25, 0.3) is 0 Å². The lowest BCUT2D eigenvalue weighted by atomic mass is 9.84. The molecule has 2 fully saturated rings. The van der Waals surface area contributed by atoms with Gasteiger partial charge >= 0.3 is 0 Å². The van der Waals surface area contributed by atoms with E-state index in [-0.39, 0.29) is 12.0 Å². The Morgan fingerprint density at radius 2 is 2.24 bits per heavy atom. The monoisotopic (exact) mass is 346 g/mol. The summed E-state index contributed by atoms with van der Waals surface area (Å²) in [5.74, 6) is 1.84. The topological polar surface area (TPSA) is 42.0 Å². The molecule has 2 aliphatic rings. The molecule has 0 aromatic heterocycles. The lowest BCUT2D eigenvalue weighted by molar-refractivity contribution is 0.0392. The molecule has 0 bridgehead atoms. The van der Waals surface area contributed by atoms with Crippen LogP contribution in [0.2, 0.25) is 0 Å². The fourth-order valence-corrected chi connectivity index (χ4v) is 3.84. The molecule has 25 heavy (non-hydrogen) atoms. The Morgan fingerprint density at radius 1 is 1.44 bits per heavy atom. The van der Waals surface area contributed by atoms with Crippen LogP contribution < -0.4 is 4.74 Å². The second-order valence-corrected chi connectivity index (χ2v) is 7.60. The Balaban J connectivity index is 1.68. The van der Waals surface area contributed by atoms with Crippen molar-refractivity contribution in [2.75, 3.05) is 40.4 Å². The number of benzene rings is 1. The van der Waals surface area contributed by atoms with Crippen LogP contribution in [0.5, 0.6) is 5.75 Å². The van der Waals surface area contributed by atoms with E-state index in [1.54, 1.807) is 7.11 Å². The first-order valence-electron chi connectivity index (χ1n) is 9.24. The van der Waals surface area contributed by atoms with Gasteiger partial charge in [-0.2, -0.15) is 0 Å². The number of hydrogen-bond donors (Lipinski definition) is 0. The van der Waals surface area contributed by atoms with E-state index in [4.69, 9.17) is 9.47 Å². The van der Waals surface area contributed by atoms with Gasteiger partial charge in [-0.3, -0.25) is 4.79 Å². The number of fused-ring (bicyclic) bond motifs is 1. The predicted octanol–water partition coefficient (Wildman–Crippen LogP) is 2.51. The maximum absolute atomic E-state index is 12.9. The fraction of sp³-hybridized carbons (Fsp3) is 0.650. The molecule has 1 aromatic carbocycles. The molecule has 3 atom stereocenters. The number of nitrogens with zero attached hydrogens (tertiary/aromatic N) is 2. The van der Waals surface area contributed by atoms with Crippen molar-refractivity contribution in [3.05, 3.63) is 29.8 Å². The Hall–Kier alpha value is -1.59. The predicted molar refractivity (Wildman–Crippen MR) is 98.0 cm³/mol. The van der Waals surface area contributed by atoms with Gasteiger partial charge in [-0.1, -0.05) is 6.07 Å². The van der Waals surface area contributed by atoms with Gasteiger partial charge in [-0.15, -0.1) is 0 Å². The lowest BCUT2D eigenvalue weighted by Gasteiger charge is -2.37. The van der Waals surface area contributed by atoms with Crippen molar-refractivity contribution in [1.82, 2.24) is 9.80 Å². The highest BCUT2D eigenvalue weighted by Crippen LogP contribution is 2.35. The standard InChI is InChI=1S/C20H30N2O3/c1-14(2)21(3)12-19-18-11-22(9-8-16(18)13-25-19)20(23)15-6-5-7-17(10-15)24-4/h5-7,10,14,16,18-19H,8-9,11-13H2,1-4H3/t16-,18-,19+/m1/s1. The van der Waals surface area contributed by atoms with Crippen molar-refractivity contribution in [3.63, 3.8) is 0 Å². The first kappa shape index (κ1) is 18.2. The average molecular weight is 346 g/mol. The summed E-state index contributed by atoms with van der Waals surface area (Å²) in [7, 11) is 3.77. The van der Waals surface area contributed by atoms with Gasteiger partial charge in [0.15, 0.2) is 0 Å². The molecule has 2 saturated heterocycles. The van der Waals surface area contributed by atoms with Gasteiger partial charge in [0.2, 0.25) is 0 Å². The molecule has 0 saturated carbocycles. The van der Waals surface area contributed by atoms with E-state index in [0.717, 1.165) is 38.4 Å². The maximum atomic E-state index is 12.9. The first-order valence-corrected chi connectivity index (χ1v) is 9.24. The molecule has 3 rings (SSSR count). The lowest BCUT2D eigenvalue weighted by Crippen LogP contribution is -2.47. The molecule has 5 nitrogen and oxygen atoms in total. The van der Waals surface area contributed by atoms with Crippen molar-refractivity contribution < 1.29 is 14.3 Å². The van der Waals surface area contributed by atoms with E-state index in [9.17, 15) is 4.79 Å². The van der Waals surface area contributed by atoms with E-state index in [1.165, 1.54) is 0 Å². The minimum absolute atomic E-state index is 0.0974. The van der Waals surface area contributed by atoms with Gasteiger partial charge in [-0.05, 0) is 51.4 Å². The zero-order chi connectivity index (χ0) is 18.0. The summed E-state index contributed by atoms with van der Waals surface area (Å²) in [6, 6.07) is 7.93. The van der Waals surface area contributed by atoms with Crippen LogP contribution in [0.4, 0.5) is 0 Å². The van der Waals surface area contributed by atoms with Gasteiger partial charge in [0, 0.05) is 37.2 Å². The minimum atomic E-state index is 0.0974. The Bertz CT molecular complexity index is 604. The van der Waals surface area contributed by atoms with Crippen LogP contribution in [0.15, 0.2) is 24.3 Å². The highest BCUT2D eigenvalue weighted by Gasteiger charge is 2.42. The summed E-state index contributed by atoms with van der Waals surface area (Å²) < 4.78 is 11.3. The number of likely N-dealkylation sites (tertiary alicyclic amines) is 1. The zero-order valence-electron chi connectivity index (χ0n) is 15.8. The molecule has 0 spiro atoms. The molecule has 0 N–H and O–H groups in total. The SMILES string of the molecule is COc1cccc(C(=O)N2CC[C@@H]3CO[C@@H](CN(C)C(C)C)[C@@H]3C2)c1. The molecule has 0 radical (unpaired) electrons. The van der Waals surface area contributed by atoms with Crippen LogP contribution in [0.1, 0.15) is 30.6 Å². The third-order valence-electron chi connectivity index (χ3n) is 5.76. The van der Waals surface area contributed by atoms with E-state index in [2.05, 4.69) is 25.8 Å². The summed E-state index contributed by atoms with van der Waals surface area (Å²) in [4.78, 5) is 17.2. The van der Waals surface area contributed by atoms with Crippen molar-refractivity contribution in [2.24, 2.45) is 11.8 Å². The average Bonchev–Trinajstić information content (AvgIpc) is 3.03. The van der Waals surface area contributed by atoms with E-state index >= 15 is 0 Å². The number of ether oxygens (including phenoxy) is 2. The number of likely N-dealkylation sites (N-methyl/N-ethyl adjacent to an activating group) is 1. The van der Waals surface area contributed by atoms with Crippen LogP contribution in [-0.2, 0) is 4.74 Å². The second kappa shape index (κ2) is 7.75. The van der Waals surface area contributed by atoms with E-state index in [0.29, 0.717) is 23.4 Å². The van der Waals surface area contributed by atoms with Crippen LogP contribution in [0.3, 0.4) is 0 Å². The molecule has 0 unspecified atom stereocenters. The molecule has 5 heteroatoms. The van der Waals surface area contributed by atoms with Crippen molar-refractivity contribution in [1.29, 1.82) is 0 Å². The molecule has 2 aliphatic heterocycles. The van der Waals surface area contributed by atoms with Gasteiger partial charge in [0.25, 0.3) is 5.91 Å². The highest BCUT2D eigenvalue weighted by molar-refractivity contribution is 5.94. The minimum Gasteiger partial charge on any atom is -0.497 e. The molecule has 0 aliphatic carbocycles. The smallest absolute Gasteiger partial charge is 0.253 e. The van der Waals surface area contributed by atoms with Crippen LogP contribution in [0, 0.1) is 11.8 Å². The third-order valence-corrected chi connectivity index (χ3v) is 5.76. The number of carbonyl (C=O) groups is 1. The number of rotatable bonds is 5. The Kier molecular flexibility index (Phi) is 5.64. The number of amides is 1. The molecule has 2 heterocycles. The molecular weight excluding hydrogens is 316 g/mol. The maximum Gasteiger partial charge on any atom is 0.253 e. The number of piperidine rings is 1.